The molecule has 2 atom stereocenters. The number of halogens is 1. The Labute approximate surface area is 111 Å². The van der Waals surface area contributed by atoms with Crippen molar-refractivity contribution in [2.75, 3.05) is 7.11 Å². The monoisotopic (exact) mass is 298 g/mol. The first-order chi connectivity index (χ1) is 7.94. The summed E-state index contributed by atoms with van der Waals surface area (Å²) in [7, 11) is 1.66. The number of hydrogen-bond acceptors (Lipinski definition) is 2. The van der Waals surface area contributed by atoms with Crippen LogP contribution in [0.25, 0.3) is 0 Å². The fourth-order valence-corrected chi connectivity index (χ4v) is 2.78. The summed E-state index contributed by atoms with van der Waals surface area (Å²) in [5.41, 5.74) is 1.42. The highest BCUT2D eigenvalue weighted by Crippen LogP contribution is 2.54. The van der Waals surface area contributed by atoms with Gasteiger partial charge in [0.05, 0.1) is 13.2 Å². The van der Waals surface area contributed by atoms with Crippen LogP contribution in [0, 0.1) is 11.3 Å². The molecule has 2 unspecified atom stereocenters. The molecule has 1 saturated carbocycles. The van der Waals surface area contributed by atoms with E-state index in [4.69, 9.17) is 4.74 Å². The van der Waals surface area contributed by atoms with Gasteiger partial charge in [-0.1, -0.05) is 29.8 Å². The Bertz CT molecular complexity index is 415. The Morgan fingerprint density at radius 2 is 2.18 bits per heavy atom. The van der Waals surface area contributed by atoms with Crippen molar-refractivity contribution >= 4 is 15.9 Å². The molecule has 0 saturated heterocycles. The number of hydrogen-bond donors (Lipinski definition) is 1. The van der Waals surface area contributed by atoms with Crippen LogP contribution in [0.15, 0.2) is 22.7 Å². The molecule has 1 fully saturated rings. The van der Waals surface area contributed by atoms with Crippen molar-refractivity contribution in [3.8, 4) is 5.75 Å². The lowest BCUT2D eigenvalue weighted by Crippen LogP contribution is -2.16. The van der Waals surface area contributed by atoms with Gasteiger partial charge in [-0.25, -0.2) is 0 Å². The molecular formula is C14H19BrO2. The van der Waals surface area contributed by atoms with Gasteiger partial charge in [0.2, 0.25) is 0 Å². The average molecular weight is 299 g/mol. The minimum absolute atomic E-state index is 0.256. The number of aliphatic hydroxyl groups is 1. The average Bonchev–Trinajstić information content (AvgIpc) is 2.91. The summed E-state index contributed by atoms with van der Waals surface area (Å²) in [5, 5.41) is 10.2. The van der Waals surface area contributed by atoms with Crippen LogP contribution in [-0.2, 0) is 6.42 Å². The summed E-state index contributed by atoms with van der Waals surface area (Å²) in [6, 6.07) is 5.88. The predicted molar refractivity (Wildman–Crippen MR) is 72.3 cm³/mol. The van der Waals surface area contributed by atoms with Gasteiger partial charge in [0.25, 0.3) is 0 Å². The molecule has 0 aromatic heterocycles. The molecule has 0 radical (unpaired) electrons. The Morgan fingerprint density at radius 1 is 1.53 bits per heavy atom. The fraction of sp³-hybridized carbons (Fsp3) is 0.571. The van der Waals surface area contributed by atoms with E-state index in [1.165, 1.54) is 0 Å². The summed E-state index contributed by atoms with van der Waals surface area (Å²) < 4.78 is 6.24. The molecule has 94 valence electrons. The highest BCUT2D eigenvalue weighted by atomic mass is 79.9. The zero-order valence-corrected chi connectivity index (χ0v) is 12.1. The van der Waals surface area contributed by atoms with Crippen molar-refractivity contribution in [1.29, 1.82) is 0 Å². The van der Waals surface area contributed by atoms with Crippen molar-refractivity contribution < 1.29 is 9.84 Å². The van der Waals surface area contributed by atoms with E-state index in [0.29, 0.717) is 17.8 Å². The highest BCUT2D eigenvalue weighted by Gasteiger charge is 2.49. The molecule has 1 aliphatic carbocycles. The molecule has 2 nitrogen and oxygen atoms in total. The van der Waals surface area contributed by atoms with Gasteiger partial charge in [-0.2, -0.15) is 0 Å². The molecule has 17 heavy (non-hydrogen) atoms. The maximum Gasteiger partial charge on any atom is 0.119 e. The summed E-state index contributed by atoms with van der Waals surface area (Å²) in [6.07, 6.45) is 1.55. The van der Waals surface area contributed by atoms with Crippen LogP contribution >= 0.6 is 15.9 Å². The third-order valence-corrected chi connectivity index (χ3v) is 4.51. The molecule has 1 aliphatic rings. The van der Waals surface area contributed by atoms with Gasteiger partial charge < -0.3 is 9.84 Å². The van der Waals surface area contributed by atoms with Crippen LogP contribution in [0.1, 0.15) is 25.8 Å². The standard InChI is InChI=1S/C14H19BrO2/c1-14(2)8-11(14)13(16)7-9-6-10(17-3)4-5-12(9)15/h4-6,11,13,16H,7-8H2,1-3H3. The summed E-state index contributed by atoms with van der Waals surface area (Å²) in [5.74, 6) is 1.27. The smallest absolute Gasteiger partial charge is 0.119 e. The third kappa shape index (κ3) is 2.83. The van der Waals surface area contributed by atoms with Crippen LogP contribution in [0.3, 0.4) is 0 Å². The summed E-state index contributed by atoms with van der Waals surface area (Å²) in [6.45, 7) is 4.42. The van der Waals surface area contributed by atoms with E-state index in [1.807, 2.05) is 18.2 Å². The van der Waals surface area contributed by atoms with Crippen LogP contribution in [-0.4, -0.2) is 18.3 Å². The Kier molecular flexibility index (Phi) is 3.50. The lowest BCUT2D eigenvalue weighted by molar-refractivity contribution is 0.136. The second kappa shape index (κ2) is 4.62. The van der Waals surface area contributed by atoms with Gasteiger partial charge in [0.1, 0.15) is 5.75 Å². The van der Waals surface area contributed by atoms with Crippen molar-refractivity contribution in [3.63, 3.8) is 0 Å². The van der Waals surface area contributed by atoms with E-state index < -0.39 is 0 Å². The quantitative estimate of drug-likeness (QED) is 0.923. The van der Waals surface area contributed by atoms with E-state index in [-0.39, 0.29) is 6.10 Å². The molecule has 2 rings (SSSR count). The first kappa shape index (κ1) is 12.9. The summed E-state index contributed by atoms with van der Waals surface area (Å²) >= 11 is 3.52. The predicted octanol–water partition coefficient (Wildman–Crippen LogP) is 3.41. The van der Waals surface area contributed by atoms with E-state index in [1.54, 1.807) is 7.11 Å². The normalized spacial score (nSPS) is 23.2. The first-order valence-corrected chi connectivity index (χ1v) is 6.74. The molecule has 1 N–H and O–H groups in total. The van der Waals surface area contributed by atoms with Crippen LogP contribution in [0.2, 0.25) is 0 Å². The summed E-state index contributed by atoms with van der Waals surface area (Å²) in [4.78, 5) is 0. The third-order valence-electron chi connectivity index (χ3n) is 3.74. The molecule has 3 heteroatoms. The molecular weight excluding hydrogens is 280 g/mol. The van der Waals surface area contributed by atoms with E-state index in [0.717, 1.165) is 22.2 Å². The zero-order valence-electron chi connectivity index (χ0n) is 10.5. The Balaban J connectivity index is 2.08. The topological polar surface area (TPSA) is 29.5 Å². The van der Waals surface area contributed by atoms with Crippen molar-refractivity contribution in [1.82, 2.24) is 0 Å². The lowest BCUT2D eigenvalue weighted by Gasteiger charge is -2.14. The number of aliphatic hydroxyl groups excluding tert-OH is 1. The van der Waals surface area contributed by atoms with Gasteiger partial charge in [0, 0.05) is 4.47 Å². The van der Waals surface area contributed by atoms with Gasteiger partial charge in [-0.3, -0.25) is 0 Å². The molecule has 0 bridgehead atoms. The van der Waals surface area contributed by atoms with Crippen molar-refractivity contribution in [2.45, 2.75) is 32.8 Å². The van der Waals surface area contributed by atoms with E-state index in [9.17, 15) is 5.11 Å². The molecule has 1 aromatic rings. The van der Waals surface area contributed by atoms with Gasteiger partial charge in [0.15, 0.2) is 0 Å². The van der Waals surface area contributed by atoms with E-state index >= 15 is 0 Å². The first-order valence-electron chi connectivity index (χ1n) is 5.94. The number of rotatable bonds is 4. The van der Waals surface area contributed by atoms with Crippen LogP contribution < -0.4 is 4.74 Å². The molecule has 1 aromatic carbocycles. The molecule has 0 spiro atoms. The van der Waals surface area contributed by atoms with Crippen molar-refractivity contribution in [3.05, 3.63) is 28.2 Å². The lowest BCUT2D eigenvalue weighted by atomic mass is 9.99. The largest absolute Gasteiger partial charge is 0.497 e. The number of benzene rings is 1. The minimum atomic E-state index is -0.256. The van der Waals surface area contributed by atoms with Crippen LogP contribution in [0.4, 0.5) is 0 Å². The second-order valence-electron chi connectivity index (χ2n) is 5.53. The Morgan fingerprint density at radius 3 is 2.71 bits per heavy atom. The van der Waals surface area contributed by atoms with E-state index in [2.05, 4.69) is 29.8 Å². The van der Waals surface area contributed by atoms with Gasteiger partial charge in [-0.15, -0.1) is 0 Å². The van der Waals surface area contributed by atoms with Crippen LogP contribution in [0.5, 0.6) is 5.75 Å². The zero-order chi connectivity index (χ0) is 12.6. The number of methoxy groups -OCH3 is 1. The molecule has 0 aliphatic heterocycles. The number of ether oxygens (including phenoxy) is 1. The SMILES string of the molecule is COc1ccc(Br)c(CC(O)C2CC2(C)C)c1. The van der Waals surface area contributed by atoms with Gasteiger partial charge in [-0.05, 0) is 47.9 Å². The highest BCUT2D eigenvalue weighted by molar-refractivity contribution is 9.10. The van der Waals surface area contributed by atoms with Crippen molar-refractivity contribution in [2.24, 2.45) is 11.3 Å². The Hall–Kier alpha value is -0.540. The minimum Gasteiger partial charge on any atom is -0.497 e. The fourth-order valence-electron chi connectivity index (χ4n) is 2.37. The molecule has 0 heterocycles. The maximum absolute atomic E-state index is 10.2. The molecule has 0 amide bonds. The second-order valence-corrected chi connectivity index (χ2v) is 6.38. The maximum atomic E-state index is 10.2. The van der Waals surface area contributed by atoms with Gasteiger partial charge >= 0.3 is 0 Å².